The van der Waals surface area contributed by atoms with Gasteiger partial charge in [0.1, 0.15) is 5.82 Å². The summed E-state index contributed by atoms with van der Waals surface area (Å²) in [6.45, 7) is 8.04. The molecule has 0 aliphatic carbocycles. The van der Waals surface area contributed by atoms with E-state index in [-0.39, 0.29) is 6.04 Å². The van der Waals surface area contributed by atoms with Crippen LogP contribution in [0.15, 0.2) is 55.3 Å². The summed E-state index contributed by atoms with van der Waals surface area (Å²) < 4.78 is 1.83. The Labute approximate surface area is 164 Å². The summed E-state index contributed by atoms with van der Waals surface area (Å²) in [5.74, 6) is 1.24. The van der Waals surface area contributed by atoms with Gasteiger partial charge in [0.15, 0.2) is 0 Å². The Balaban J connectivity index is 1.55. The zero-order chi connectivity index (χ0) is 19.5. The van der Waals surface area contributed by atoms with Crippen LogP contribution < -0.4 is 5.32 Å². The number of nitriles is 1. The van der Waals surface area contributed by atoms with Crippen molar-refractivity contribution in [2.24, 2.45) is 5.92 Å². The van der Waals surface area contributed by atoms with Crippen molar-refractivity contribution in [1.82, 2.24) is 24.5 Å². The van der Waals surface area contributed by atoms with E-state index in [9.17, 15) is 0 Å². The summed E-state index contributed by atoms with van der Waals surface area (Å²) in [6.07, 6.45) is 8.67. The van der Waals surface area contributed by atoms with E-state index in [1.165, 1.54) is 0 Å². The number of aromatic nitrogens is 4. The molecule has 7 heteroatoms. The molecule has 4 heterocycles. The normalized spacial score (nSPS) is 19.4. The van der Waals surface area contributed by atoms with E-state index in [0.29, 0.717) is 12.3 Å². The van der Waals surface area contributed by atoms with Crippen LogP contribution in [0.4, 0.5) is 5.82 Å². The standard InChI is InChI=1S/C21H23N7/c1-15-7-10-27(16(2)6-8-22)14-19(15)26-21-13-23-12-18(25-21)17-11-24-28-9-4-3-5-20(17)28/h3-5,9,11-13,15,19H,2,6-7,10,14H2,1H3,(H,25,26). The summed E-state index contributed by atoms with van der Waals surface area (Å²) in [5.41, 5.74) is 3.63. The quantitative estimate of drug-likeness (QED) is 0.739. The summed E-state index contributed by atoms with van der Waals surface area (Å²) in [4.78, 5) is 11.4. The number of hydrogen-bond acceptors (Lipinski definition) is 6. The molecule has 3 aromatic rings. The topological polar surface area (TPSA) is 82.1 Å². The second-order valence-electron chi connectivity index (χ2n) is 7.24. The van der Waals surface area contributed by atoms with Gasteiger partial charge in [0.25, 0.3) is 0 Å². The minimum atomic E-state index is 0.220. The Bertz CT molecular complexity index is 1030. The second-order valence-corrected chi connectivity index (χ2v) is 7.24. The first-order valence-corrected chi connectivity index (χ1v) is 9.46. The lowest BCUT2D eigenvalue weighted by atomic mass is 9.93. The number of likely N-dealkylation sites (tertiary alicyclic amines) is 1. The van der Waals surface area contributed by atoms with Crippen LogP contribution >= 0.6 is 0 Å². The number of nitrogens with one attached hydrogen (secondary N) is 1. The predicted octanol–water partition coefficient (Wildman–Crippen LogP) is 3.34. The van der Waals surface area contributed by atoms with Gasteiger partial charge in [-0.1, -0.05) is 19.6 Å². The van der Waals surface area contributed by atoms with Gasteiger partial charge in [0.05, 0.1) is 42.3 Å². The molecule has 1 saturated heterocycles. The Morgan fingerprint density at radius 1 is 1.36 bits per heavy atom. The highest BCUT2D eigenvalue weighted by Gasteiger charge is 2.27. The van der Waals surface area contributed by atoms with Gasteiger partial charge < -0.3 is 10.2 Å². The molecular weight excluding hydrogens is 350 g/mol. The van der Waals surface area contributed by atoms with Gasteiger partial charge >= 0.3 is 0 Å². The fourth-order valence-corrected chi connectivity index (χ4v) is 3.63. The molecule has 142 valence electrons. The molecule has 3 aromatic heterocycles. The first kappa shape index (κ1) is 18.0. The fraction of sp³-hybridized carbons (Fsp3) is 0.333. The lowest BCUT2D eigenvalue weighted by Gasteiger charge is -2.39. The molecule has 1 N–H and O–H groups in total. The Kier molecular flexibility index (Phi) is 4.94. The van der Waals surface area contributed by atoms with Crippen molar-refractivity contribution >= 4 is 11.3 Å². The number of anilines is 1. The highest BCUT2D eigenvalue weighted by atomic mass is 15.2. The second kappa shape index (κ2) is 7.69. The molecule has 2 unspecified atom stereocenters. The lowest BCUT2D eigenvalue weighted by molar-refractivity contribution is 0.216. The van der Waals surface area contributed by atoms with Crippen LogP contribution in [0.5, 0.6) is 0 Å². The van der Waals surface area contributed by atoms with Gasteiger partial charge in [-0.3, -0.25) is 4.98 Å². The molecule has 28 heavy (non-hydrogen) atoms. The van der Waals surface area contributed by atoms with Gasteiger partial charge in [0.2, 0.25) is 0 Å². The molecule has 0 saturated carbocycles. The highest BCUT2D eigenvalue weighted by Crippen LogP contribution is 2.26. The third-order valence-electron chi connectivity index (χ3n) is 5.36. The molecule has 1 fully saturated rings. The number of piperidine rings is 1. The largest absolute Gasteiger partial charge is 0.372 e. The maximum Gasteiger partial charge on any atom is 0.145 e. The van der Waals surface area contributed by atoms with Crippen molar-refractivity contribution < 1.29 is 0 Å². The number of allylic oxidation sites excluding steroid dienone is 1. The number of hydrogen-bond donors (Lipinski definition) is 1. The van der Waals surface area contributed by atoms with Crippen LogP contribution in [0.2, 0.25) is 0 Å². The monoisotopic (exact) mass is 373 g/mol. The van der Waals surface area contributed by atoms with Gasteiger partial charge in [-0.2, -0.15) is 10.4 Å². The third kappa shape index (κ3) is 3.54. The summed E-state index contributed by atoms with van der Waals surface area (Å²) in [7, 11) is 0. The van der Waals surface area contributed by atoms with E-state index < -0.39 is 0 Å². The van der Waals surface area contributed by atoms with Gasteiger partial charge in [-0.25, -0.2) is 9.50 Å². The van der Waals surface area contributed by atoms with Crippen molar-refractivity contribution in [2.75, 3.05) is 18.4 Å². The first-order chi connectivity index (χ1) is 13.7. The maximum absolute atomic E-state index is 8.94. The van der Waals surface area contributed by atoms with E-state index in [1.807, 2.05) is 35.1 Å². The minimum absolute atomic E-state index is 0.220. The number of nitrogens with zero attached hydrogens (tertiary/aromatic N) is 6. The molecular formula is C21H23N7. The van der Waals surface area contributed by atoms with Crippen molar-refractivity contribution in [3.8, 4) is 17.3 Å². The maximum atomic E-state index is 8.94. The summed E-state index contributed by atoms with van der Waals surface area (Å²) in [6, 6.07) is 8.36. The number of rotatable bonds is 5. The van der Waals surface area contributed by atoms with E-state index in [2.05, 4.69) is 39.9 Å². The average Bonchev–Trinajstić information content (AvgIpc) is 3.14. The zero-order valence-corrected chi connectivity index (χ0v) is 15.9. The Morgan fingerprint density at radius 2 is 2.25 bits per heavy atom. The molecule has 0 radical (unpaired) electrons. The van der Waals surface area contributed by atoms with Crippen LogP contribution in [0.3, 0.4) is 0 Å². The van der Waals surface area contributed by atoms with Crippen molar-refractivity contribution in [3.05, 3.63) is 55.3 Å². The Morgan fingerprint density at radius 3 is 3.11 bits per heavy atom. The lowest BCUT2D eigenvalue weighted by Crippen LogP contribution is -2.46. The zero-order valence-electron chi connectivity index (χ0n) is 15.9. The number of fused-ring (bicyclic) bond motifs is 1. The number of pyridine rings is 1. The van der Waals surface area contributed by atoms with Crippen molar-refractivity contribution in [2.45, 2.75) is 25.8 Å². The molecule has 1 aliphatic rings. The SMILES string of the molecule is C=C(CC#N)N1CCC(C)C(Nc2cncc(-c3cnn4ccccc34)n2)C1. The fourth-order valence-electron chi connectivity index (χ4n) is 3.63. The van der Waals surface area contributed by atoms with Gasteiger partial charge in [0, 0.05) is 36.6 Å². The van der Waals surface area contributed by atoms with E-state index >= 15 is 0 Å². The molecule has 0 spiro atoms. The van der Waals surface area contributed by atoms with E-state index in [0.717, 1.165) is 47.8 Å². The smallest absolute Gasteiger partial charge is 0.145 e. The van der Waals surface area contributed by atoms with Gasteiger partial charge in [-0.05, 0) is 24.5 Å². The minimum Gasteiger partial charge on any atom is -0.372 e. The van der Waals surface area contributed by atoms with Gasteiger partial charge in [-0.15, -0.1) is 0 Å². The first-order valence-electron chi connectivity index (χ1n) is 9.46. The molecule has 2 atom stereocenters. The van der Waals surface area contributed by atoms with E-state index in [4.69, 9.17) is 10.2 Å². The van der Waals surface area contributed by atoms with Crippen molar-refractivity contribution in [3.63, 3.8) is 0 Å². The molecule has 0 aromatic carbocycles. The third-order valence-corrected chi connectivity index (χ3v) is 5.36. The molecule has 1 aliphatic heterocycles. The van der Waals surface area contributed by atoms with Crippen LogP contribution in [0.1, 0.15) is 19.8 Å². The summed E-state index contributed by atoms with van der Waals surface area (Å²) >= 11 is 0. The molecule has 0 bridgehead atoms. The molecule has 7 nitrogen and oxygen atoms in total. The molecule has 4 rings (SSSR count). The van der Waals surface area contributed by atoms with Crippen molar-refractivity contribution in [1.29, 1.82) is 5.26 Å². The predicted molar refractivity (Wildman–Crippen MR) is 108 cm³/mol. The van der Waals surface area contributed by atoms with E-state index in [1.54, 1.807) is 12.4 Å². The average molecular weight is 373 g/mol. The van der Waals surface area contributed by atoms with Crippen LogP contribution in [-0.4, -0.2) is 43.6 Å². The highest BCUT2D eigenvalue weighted by molar-refractivity contribution is 5.77. The van der Waals surface area contributed by atoms with Crippen LogP contribution in [0.25, 0.3) is 16.8 Å². The van der Waals surface area contributed by atoms with Crippen LogP contribution in [-0.2, 0) is 0 Å². The Hall–Kier alpha value is -3.40. The summed E-state index contributed by atoms with van der Waals surface area (Å²) in [5, 5.41) is 16.9. The molecule has 0 amide bonds. The van der Waals surface area contributed by atoms with Crippen LogP contribution in [0, 0.1) is 17.2 Å².